The third-order valence-electron chi connectivity index (χ3n) is 6.18. The summed E-state index contributed by atoms with van der Waals surface area (Å²) in [7, 11) is 0. The zero-order chi connectivity index (χ0) is 21.9. The van der Waals surface area contributed by atoms with Crippen LogP contribution in [0, 0.1) is 5.92 Å². The van der Waals surface area contributed by atoms with Crippen LogP contribution in [0.25, 0.3) is 0 Å². The van der Waals surface area contributed by atoms with E-state index in [-0.39, 0.29) is 11.7 Å². The first kappa shape index (κ1) is 20.9. The van der Waals surface area contributed by atoms with E-state index in [4.69, 9.17) is 21.0 Å². The molecule has 1 amide bonds. The SMILES string of the molecule is O=C(Nc1ccc(Cl)c(C2=Nc3ncc(CCC4CCNCC4)cc3C2)c1)c1ccco1. The summed E-state index contributed by atoms with van der Waals surface area (Å²) in [5.41, 5.74) is 4.70. The third-order valence-corrected chi connectivity index (χ3v) is 6.51. The lowest BCUT2D eigenvalue weighted by atomic mass is 9.91. The Labute approximate surface area is 192 Å². The number of hydrogen-bond acceptors (Lipinski definition) is 5. The lowest BCUT2D eigenvalue weighted by molar-refractivity contribution is 0.0996. The van der Waals surface area contributed by atoms with Crippen molar-refractivity contribution in [2.24, 2.45) is 10.9 Å². The monoisotopic (exact) mass is 448 g/mol. The van der Waals surface area contributed by atoms with E-state index in [1.165, 1.54) is 31.1 Å². The number of aryl methyl sites for hydroxylation is 1. The molecule has 2 aromatic heterocycles. The number of carbonyl (C=O) groups excluding carboxylic acids is 1. The smallest absolute Gasteiger partial charge is 0.291 e. The highest BCUT2D eigenvalue weighted by molar-refractivity contribution is 6.34. The van der Waals surface area contributed by atoms with E-state index >= 15 is 0 Å². The number of piperidine rings is 1. The summed E-state index contributed by atoms with van der Waals surface area (Å²) in [4.78, 5) is 21.6. The van der Waals surface area contributed by atoms with Crippen LogP contribution < -0.4 is 10.6 Å². The number of amides is 1. The maximum Gasteiger partial charge on any atom is 0.291 e. The molecule has 0 unspecified atom stereocenters. The maximum absolute atomic E-state index is 12.3. The molecule has 2 aliphatic heterocycles. The quantitative estimate of drug-likeness (QED) is 0.543. The molecule has 6 nitrogen and oxygen atoms in total. The Morgan fingerprint density at radius 1 is 1.22 bits per heavy atom. The second kappa shape index (κ2) is 9.27. The number of carbonyl (C=O) groups is 1. The minimum absolute atomic E-state index is 0.258. The van der Waals surface area contributed by atoms with Gasteiger partial charge in [-0.15, -0.1) is 0 Å². The fourth-order valence-corrected chi connectivity index (χ4v) is 4.62. The molecule has 7 heteroatoms. The molecule has 0 aliphatic carbocycles. The third kappa shape index (κ3) is 4.61. The van der Waals surface area contributed by atoms with Gasteiger partial charge in [0.1, 0.15) is 0 Å². The van der Waals surface area contributed by atoms with Crippen molar-refractivity contribution in [3.8, 4) is 0 Å². The van der Waals surface area contributed by atoms with Crippen LogP contribution in [-0.2, 0) is 12.8 Å². The van der Waals surface area contributed by atoms with E-state index < -0.39 is 0 Å². The standard InChI is InChI=1S/C25H25ClN4O2/c26-21-6-5-19(29-25(31)23-2-1-11-32-23)14-20(21)22-13-18-12-17(15-28-24(18)30-22)4-3-16-7-9-27-10-8-16/h1-2,5-6,11-12,14-16,27H,3-4,7-10,13H2,(H,29,31). The van der Waals surface area contributed by atoms with Crippen molar-refractivity contribution in [1.82, 2.24) is 10.3 Å². The highest BCUT2D eigenvalue weighted by atomic mass is 35.5. The number of anilines is 1. The molecule has 164 valence electrons. The number of fused-ring (bicyclic) bond motifs is 1. The van der Waals surface area contributed by atoms with Crippen molar-refractivity contribution in [3.63, 3.8) is 0 Å². The Kier molecular flexibility index (Phi) is 6.06. The molecule has 32 heavy (non-hydrogen) atoms. The number of pyridine rings is 1. The fourth-order valence-electron chi connectivity index (χ4n) is 4.39. The number of benzene rings is 1. The van der Waals surface area contributed by atoms with Crippen LogP contribution in [0.15, 0.2) is 58.3 Å². The molecule has 0 spiro atoms. The second-order valence-corrected chi connectivity index (χ2v) is 8.83. The molecule has 0 bridgehead atoms. The van der Waals surface area contributed by atoms with E-state index in [9.17, 15) is 4.79 Å². The summed E-state index contributed by atoms with van der Waals surface area (Å²) >= 11 is 6.48. The molecule has 1 saturated heterocycles. The van der Waals surface area contributed by atoms with Crippen LogP contribution in [0.1, 0.15) is 46.5 Å². The minimum atomic E-state index is -0.306. The second-order valence-electron chi connectivity index (χ2n) is 8.42. The van der Waals surface area contributed by atoms with Crippen LogP contribution in [0.2, 0.25) is 5.02 Å². The Hall–Kier alpha value is -2.96. The first-order chi connectivity index (χ1) is 15.7. The number of aromatic nitrogens is 1. The molecule has 3 aromatic rings. The van der Waals surface area contributed by atoms with Crippen LogP contribution in [0.5, 0.6) is 0 Å². The van der Waals surface area contributed by atoms with Crippen molar-refractivity contribution in [3.05, 3.63) is 76.3 Å². The summed E-state index contributed by atoms with van der Waals surface area (Å²) in [6.45, 7) is 2.26. The molecule has 0 atom stereocenters. The summed E-state index contributed by atoms with van der Waals surface area (Å²) in [6, 6.07) is 10.9. The molecule has 1 aromatic carbocycles. The predicted molar refractivity (Wildman–Crippen MR) is 126 cm³/mol. The number of nitrogens with one attached hydrogen (secondary N) is 2. The number of rotatable bonds is 6. The molecule has 2 aliphatic rings. The summed E-state index contributed by atoms with van der Waals surface area (Å²) in [5, 5.41) is 6.87. The highest BCUT2D eigenvalue weighted by Gasteiger charge is 2.21. The average molecular weight is 449 g/mol. The Morgan fingerprint density at radius 3 is 2.91 bits per heavy atom. The molecule has 0 saturated carbocycles. The Morgan fingerprint density at radius 2 is 2.09 bits per heavy atom. The van der Waals surface area contributed by atoms with E-state index in [1.54, 1.807) is 24.3 Å². The van der Waals surface area contributed by atoms with Gasteiger partial charge in [-0.2, -0.15) is 0 Å². The van der Waals surface area contributed by atoms with Gasteiger partial charge in [0.2, 0.25) is 0 Å². The van der Waals surface area contributed by atoms with Crippen molar-refractivity contribution in [2.75, 3.05) is 18.4 Å². The van der Waals surface area contributed by atoms with Gasteiger partial charge in [-0.3, -0.25) is 4.79 Å². The normalized spacial score (nSPS) is 16.0. The molecule has 2 N–H and O–H groups in total. The number of aliphatic imine (C=N–C) groups is 1. The zero-order valence-corrected chi connectivity index (χ0v) is 18.5. The van der Waals surface area contributed by atoms with E-state index in [0.717, 1.165) is 48.1 Å². The number of hydrogen-bond donors (Lipinski definition) is 2. The molecule has 0 radical (unpaired) electrons. The van der Waals surface area contributed by atoms with Gasteiger partial charge >= 0.3 is 0 Å². The van der Waals surface area contributed by atoms with Gasteiger partial charge in [-0.1, -0.05) is 17.7 Å². The fraction of sp³-hybridized carbons (Fsp3) is 0.320. The van der Waals surface area contributed by atoms with E-state index in [2.05, 4.69) is 21.7 Å². The van der Waals surface area contributed by atoms with Crippen molar-refractivity contribution in [1.29, 1.82) is 0 Å². The van der Waals surface area contributed by atoms with Crippen LogP contribution in [0.3, 0.4) is 0 Å². The number of halogens is 1. The Bertz CT molecular complexity index is 1150. The maximum atomic E-state index is 12.3. The molecular formula is C25H25ClN4O2. The largest absolute Gasteiger partial charge is 0.459 e. The van der Waals surface area contributed by atoms with E-state index in [0.29, 0.717) is 17.1 Å². The average Bonchev–Trinajstić information content (AvgIpc) is 3.49. The van der Waals surface area contributed by atoms with Crippen molar-refractivity contribution < 1.29 is 9.21 Å². The number of furan rings is 1. The van der Waals surface area contributed by atoms with Gasteiger partial charge < -0.3 is 15.1 Å². The van der Waals surface area contributed by atoms with Crippen LogP contribution >= 0.6 is 11.6 Å². The van der Waals surface area contributed by atoms with Gasteiger partial charge in [0.05, 0.1) is 12.0 Å². The summed E-state index contributed by atoms with van der Waals surface area (Å²) in [5.74, 6) is 1.51. The van der Waals surface area contributed by atoms with Gasteiger partial charge in [0, 0.05) is 34.5 Å². The molecule has 5 rings (SSSR count). The lowest BCUT2D eigenvalue weighted by Gasteiger charge is -2.22. The summed E-state index contributed by atoms with van der Waals surface area (Å²) in [6.07, 6.45) is 8.88. The first-order valence-electron chi connectivity index (χ1n) is 11.1. The van der Waals surface area contributed by atoms with Gasteiger partial charge in [-0.25, -0.2) is 9.98 Å². The van der Waals surface area contributed by atoms with Crippen molar-refractivity contribution in [2.45, 2.75) is 32.1 Å². The first-order valence-corrected chi connectivity index (χ1v) is 11.4. The summed E-state index contributed by atoms with van der Waals surface area (Å²) < 4.78 is 5.16. The Balaban J connectivity index is 1.28. The van der Waals surface area contributed by atoms with Crippen LogP contribution in [0.4, 0.5) is 11.5 Å². The number of nitrogens with zero attached hydrogens (tertiary/aromatic N) is 2. The highest BCUT2D eigenvalue weighted by Crippen LogP contribution is 2.32. The molecule has 4 heterocycles. The lowest BCUT2D eigenvalue weighted by Crippen LogP contribution is -2.27. The topological polar surface area (TPSA) is 79.5 Å². The van der Waals surface area contributed by atoms with Gasteiger partial charge in [0.25, 0.3) is 5.91 Å². The van der Waals surface area contributed by atoms with Crippen LogP contribution in [-0.4, -0.2) is 29.7 Å². The van der Waals surface area contributed by atoms with E-state index in [1.807, 2.05) is 12.3 Å². The predicted octanol–water partition coefficient (Wildman–Crippen LogP) is 5.19. The van der Waals surface area contributed by atoms with Gasteiger partial charge in [-0.05, 0) is 80.6 Å². The van der Waals surface area contributed by atoms with Crippen molar-refractivity contribution >= 4 is 34.7 Å². The molecule has 1 fully saturated rings. The molecular weight excluding hydrogens is 424 g/mol. The zero-order valence-electron chi connectivity index (χ0n) is 17.7. The minimum Gasteiger partial charge on any atom is -0.459 e. The van der Waals surface area contributed by atoms with Gasteiger partial charge in [0.15, 0.2) is 11.6 Å².